The molecule has 1 aliphatic heterocycles. The Labute approximate surface area is 135 Å². The fourth-order valence-corrected chi connectivity index (χ4v) is 3.11. The number of hydrogen-bond acceptors (Lipinski definition) is 5. The lowest BCUT2D eigenvalue weighted by atomic mass is 10.2. The molecule has 22 heavy (non-hydrogen) atoms. The fraction of sp³-hybridized carbons (Fsp3) is 0.500. The van der Waals surface area contributed by atoms with Crippen molar-refractivity contribution >= 4 is 28.3 Å². The molecule has 1 aromatic heterocycles. The zero-order valence-electron chi connectivity index (χ0n) is 12.9. The van der Waals surface area contributed by atoms with Gasteiger partial charge in [-0.2, -0.15) is 4.98 Å². The van der Waals surface area contributed by atoms with Crippen LogP contribution in [0.25, 0.3) is 10.9 Å². The van der Waals surface area contributed by atoms with Crippen LogP contribution < -0.4 is 14.4 Å². The van der Waals surface area contributed by atoms with Gasteiger partial charge in [0, 0.05) is 24.5 Å². The van der Waals surface area contributed by atoms with Crippen molar-refractivity contribution in [3.63, 3.8) is 0 Å². The molecule has 0 aliphatic carbocycles. The van der Waals surface area contributed by atoms with Crippen LogP contribution in [0, 0.1) is 0 Å². The quantitative estimate of drug-likeness (QED) is 0.807. The number of ether oxygens (including phenoxy) is 2. The molecule has 0 bridgehead atoms. The van der Waals surface area contributed by atoms with E-state index >= 15 is 0 Å². The van der Waals surface area contributed by atoms with Crippen LogP contribution in [0.1, 0.15) is 25.7 Å². The van der Waals surface area contributed by atoms with Crippen LogP contribution in [0.4, 0.5) is 5.82 Å². The van der Waals surface area contributed by atoms with Gasteiger partial charge in [-0.1, -0.05) is 12.8 Å². The Hall–Kier alpha value is -1.75. The van der Waals surface area contributed by atoms with Crippen molar-refractivity contribution in [1.29, 1.82) is 0 Å². The number of hydrogen-bond donors (Lipinski definition) is 0. The minimum Gasteiger partial charge on any atom is -0.493 e. The van der Waals surface area contributed by atoms with Crippen LogP contribution >= 0.6 is 11.6 Å². The highest BCUT2D eigenvalue weighted by atomic mass is 35.5. The minimum atomic E-state index is 0.263. The first-order valence-corrected chi connectivity index (χ1v) is 7.95. The van der Waals surface area contributed by atoms with E-state index in [4.69, 9.17) is 21.1 Å². The third-order valence-corrected chi connectivity index (χ3v) is 4.23. The summed E-state index contributed by atoms with van der Waals surface area (Å²) >= 11 is 6.13. The van der Waals surface area contributed by atoms with Gasteiger partial charge in [-0.3, -0.25) is 0 Å². The molecule has 1 saturated heterocycles. The van der Waals surface area contributed by atoms with Gasteiger partial charge in [0.15, 0.2) is 11.5 Å². The van der Waals surface area contributed by atoms with Crippen LogP contribution in [0.3, 0.4) is 0 Å². The molecule has 0 atom stereocenters. The molecular formula is C16H20ClN3O2. The summed E-state index contributed by atoms with van der Waals surface area (Å²) in [6, 6.07) is 3.79. The molecule has 2 heterocycles. The van der Waals surface area contributed by atoms with E-state index in [1.165, 1.54) is 25.7 Å². The van der Waals surface area contributed by atoms with E-state index in [1.807, 2.05) is 12.1 Å². The fourth-order valence-electron chi connectivity index (χ4n) is 2.94. The summed E-state index contributed by atoms with van der Waals surface area (Å²) in [5.41, 5.74) is 0.775. The number of halogens is 1. The average Bonchev–Trinajstić information content (AvgIpc) is 2.81. The lowest BCUT2D eigenvalue weighted by Gasteiger charge is -2.23. The largest absolute Gasteiger partial charge is 0.493 e. The Balaban J connectivity index is 2.15. The molecule has 0 unspecified atom stereocenters. The van der Waals surface area contributed by atoms with Crippen molar-refractivity contribution in [3.8, 4) is 11.5 Å². The topological polar surface area (TPSA) is 47.5 Å². The molecule has 0 N–H and O–H groups in total. The van der Waals surface area contributed by atoms with Crippen LogP contribution in [-0.2, 0) is 0 Å². The summed E-state index contributed by atoms with van der Waals surface area (Å²) in [6.07, 6.45) is 4.89. The summed E-state index contributed by atoms with van der Waals surface area (Å²) in [4.78, 5) is 11.1. The van der Waals surface area contributed by atoms with Crippen molar-refractivity contribution in [2.45, 2.75) is 25.7 Å². The third kappa shape index (κ3) is 2.90. The van der Waals surface area contributed by atoms with E-state index in [2.05, 4.69) is 14.9 Å². The monoisotopic (exact) mass is 321 g/mol. The smallest absolute Gasteiger partial charge is 0.224 e. The van der Waals surface area contributed by atoms with Gasteiger partial charge in [0.2, 0.25) is 5.28 Å². The highest BCUT2D eigenvalue weighted by Gasteiger charge is 2.18. The summed E-state index contributed by atoms with van der Waals surface area (Å²) in [5, 5.41) is 1.21. The molecule has 6 heteroatoms. The molecule has 0 radical (unpaired) electrons. The van der Waals surface area contributed by atoms with Gasteiger partial charge in [-0.05, 0) is 30.5 Å². The second kappa shape index (κ2) is 6.57. The number of anilines is 1. The Kier molecular flexibility index (Phi) is 4.52. The zero-order valence-corrected chi connectivity index (χ0v) is 13.7. The molecule has 3 rings (SSSR count). The molecule has 0 amide bonds. The minimum absolute atomic E-state index is 0.263. The number of fused-ring (bicyclic) bond motifs is 1. The Bertz CT molecular complexity index is 670. The van der Waals surface area contributed by atoms with Crippen LogP contribution in [0.15, 0.2) is 12.1 Å². The highest BCUT2D eigenvalue weighted by molar-refractivity contribution is 6.28. The van der Waals surface area contributed by atoms with E-state index in [0.717, 1.165) is 29.8 Å². The van der Waals surface area contributed by atoms with Gasteiger partial charge in [0.25, 0.3) is 0 Å². The predicted octanol–water partition coefficient (Wildman–Crippen LogP) is 3.68. The maximum atomic E-state index is 6.13. The maximum Gasteiger partial charge on any atom is 0.224 e. The van der Waals surface area contributed by atoms with Crippen molar-refractivity contribution in [1.82, 2.24) is 9.97 Å². The number of aromatic nitrogens is 2. The number of benzene rings is 1. The van der Waals surface area contributed by atoms with Crippen LogP contribution in [0.2, 0.25) is 5.28 Å². The van der Waals surface area contributed by atoms with Gasteiger partial charge >= 0.3 is 0 Å². The van der Waals surface area contributed by atoms with Crippen LogP contribution in [-0.4, -0.2) is 37.3 Å². The van der Waals surface area contributed by atoms with Gasteiger partial charge < -0.3 is 14.4 Å². The van der Waals surface area contributed by atoms with Crippen molar-refractivity contribution < 1.29 is 9.47 Å². The van der Waals surface area contributed by atoms with Gasteiger partial charge in [-0.15, -0.1) is 0 Å². The van der Waals surface area contributed by atoms with Gasteiger partial charge in [-0.25, -0.2) is 4.98 Å². The average molecular weight is 322 g/mol. The normalized spacial score (nSPS) is 15.7. The summed E-state index contributed by atoms with van der Waals surface area (Å²) in [5.74, 6) is 2.21. The second-order valence-corrected chi connectivity index (χ2v) is 5.78. The molecule has 1 fully saturated rings. The van der Waals surface area contributed by atoms with Gasteiger partial charge in [0.1, 0.15) is 5.82 Å². The zero-order chi connectivity index (χ0) is 15.5. The molecule has 1 aliphatic rings. The molecule has 0 saturated carbocycles. The second-order valence-electron chi connectivity index (χ2n) is 5.44. The SMILES string of the molecule is COc1cc2nc(Cl)nc(N3CCCCCC3)c2cc1OC. The third-order valence-electron chi connectivity index (χ3n) is 4.06. The lowest BCUT2D eigenvalue weighted by Crippen LogP contribution is -2.25. The van der Waals surface area contributed by atoms with E-state index in [-0.39, 0.29) is 5.28 Å². The number of methoxy groups -OCH3 is 2. The number of nitrogens with zero attached hydrogens (tertiary/aromatic N) is 3. The summed E-state index contributed by atoms with van der Waals surface area (Å²) in [6.45, 7) is 1.99. The lowest BCUT2D eigenvalue weighted by molar-refractivity contribution is 0.356. The summed E-state index contributed by atoms with van der Waals surface area (Å²) in [7, 11) is 3.24. The van der Waals surface area contributed by atoms with E-state index < -0.39 is 0 Å². The molecule has 5 nitrogen and oxygen atoms in total. The van der Waals surface area contributed by atoms with E-state index in [0.29, 0.717) is 11.5 Å². The Morgan fingerprint density at radius 3 is 2.23 bits per heavy atom. The first-order chi connectivity index (χ1) is 10.7. The maximum absolute atomic E-state index is 6.13. The van der Waals surface area contributed by atoms with E-state index in [1.54, 1.807) is 14.2 Å². The van der Waals surface area contributed by atoms with Gasteiger partial charge in [0.05, 0.1) is 19.7 Å². The standard InChI is InChI=1S/C16H20ClN3O2/c1-21-13-9-11-12(10-14(13)22-2)18-16(17)19-15(11)20-7-5-3-4-6-8-20/h9-10H,3-8H2,1-2H3. The molecule has 118 valence electrons. The Morgan fingerprint density at radius 2 is 1.59 bits per heavy atom. The predicted molar refractivity (Wildman–Crippen MR) is 88.3 cm³/mol. The first-order valence-electron chi connectivity index (χ1n) is 7.57. The van der Waals surface area contributed by atoms with Crippen molar-refractivity contribution in [2.75, 3.05) is 32.2 Å². The van der Waals surface area contributed by atoms with E-state index in [9.17, 15) is 0 Å². The number of rotatable bonds is 3. The molecule has 0 spiro atoms. The first kappa shape index (κ1) is 15.2. The highest BCUT2D eigenvalue weighted by Crippen LogP contribution is 2.36. The van der Waals surface area contributed by atoms with Crippen molar-refractivity contribution in [3.05, 3.63) is 17.4 Å². The van der Waals surface area contributed by atoms with Crippen LogP contribution in [0.5, 0.6) is 11.5 Å². The van der Waals surface area contributed by atoms with Crippen molar-refractivity contribution in [2.24, 2.45) is 0 Å². The molecule has 2 aromatic rings. The molecular weight excluding hydrogens is 302 g/mol. The molecule has 1 aromatic carbocycles. The summed E-state index contributed by atoms with van der Waals surface area (Å²) < 4.78 is 10.8. The Morgan fingerprint density at radius 1 is 0.955 bits per heavy atom.